The van der Waals surface area contributed by atoms with E-state index in [0.717, 1.165) is 0 Å². The van der Waals surface area contributed by atoms with Crippen LogP contribution in [0.15, 0.2) is 0 Å². The average molecular weight is 377 g/mol. The minimum atomic E-state index is -0.747. The highest BCUT2D eigenvalue weighted by Gasteiger charge is 2.31. The summed E-state index contributed by atoms with van der Waals surface area (Å²) in [6.07, 6.45) is 0.589. The van der Waals surface area contributed by atoms with Crippen LogP contribution < -0.4 is 10.1 Å². The normalized spacial score (nSPS) is 18.1. The van der Waals surface area contributed by atoms with Gasteiger partial charge in [-0.25, -0.2) is 4.79 Å². The fourth-order valence-corrected chi connectivity index (χ4v) is 2.84. The molecule has 1 amide bonds. The van der Waals surface area contributed by atoms with Gasteiger partial charge in [-0.1, -0.05) is 58.0 Å². The fraction of sp³-hybridized carbons (Fsp3) is 0.273. The largest absolute Gasteiger partial charge is 0.422 e. The monoisotopic (exact) mass is 375 g/mol. The van der Waals surface area contributed by atoms with Crippen molar-refractivity contribution in [1.82, 2.24) is 5.32 Å². The maximum absolute atomic E-state index is 11.9. The summed E-state index contributed by atoms with van der Waals surface area (Å²) in [5, 5.41) is 2.05. The van der Waals surface area contributed by atoms with Crippen molar-refractivity contribution in [3.05, 3.63) is 25.1 Å². The first kappa shape index (κ1) is 16.0. The van der Waals surface area contributed by atoms with Crippen molar-refractivity contribution in [3.63, 3.8) is 0 Å². The lowest BCUT2D eigenvalue weighted by atomic mass is 10.2. The van der Waals surface area contributed by atoms with Crippen LogP contribution in [0.1, 0.15) is 12.8 Å². The Bertz CT molecular complexity index is 575. The molecule has 2 rings (SSSR count). The highest BCUT2D eigenvalue weighted by molar-refractivity contribution is 6.55. The van der Waals surface area contributed by atoms with Crippen molar-refractivity contribution in [2.75, 3.05) is 0 Å². The summed E-state index contributed by atoms with van der Waals surface area (Å²) in [5.74, 6) is -1.11. The molecule has 1 aliphatic heterocycles. The Labute approximate surface area is 139 Å². The summed E-state index contributed by atoms with van der Waals surface area (Å²) < 4.78 is 5.08. The summed E-state index contributed by atoms with van der Waals surface area (Å²) in [6.45, 7) is 0. The van der Waals surface area contributed by atoms with Crippen LogP contribution in [0.3, 0.4) is 0 Å². The Balaban J connectivity index is 2.30. The van der Waals surface area contributed by atoms with Crippen molar-refractivity contribution in [2.45, 2.75) is 18.9 Å². The highest BCUT2D eigenvalue weighted by atomic mass is 35.5. The van der Waals surface area contributed by atoms with Crippen LogP contribution in [0, 0.1) is 0 Å². The van der Waals surface area contributed by atoms with Crippen LogP contribution in [-0.4, -0.2) is 17.9 Å². The van der Waals surface area contributed by atoms with E-state index in [1.807, 2.05) is 0 Å². The van der Waals surface area contributed by atoms with Crippen molar-refractivity contribution >= 4 is 69.9 Å². The molecule has 1 aromatic rings. The van der Waals surface area contributed by atoms with Crippen molar-refractivity contribution in [1.29, 1.82) is 0 Å². The second kappa shape index (κ2) is 6.16. The van der Waals surface area contributed by atoms with Gasteiger partial charge in [0.1, 0.15) is 16.1 Å². The van der Waals surface area contributed by atoms with E-state index in [1.54, 1.807) is 0 Å². The molecular formula is C11H6Cl5NO3. The summed E-state index contributed by atoms with van der Waals surface area (Å²) in [4.78, 5) is 23.0. The van der Waals surface area contributed by atoms with E-state index < -0.39 is 12.0 Å². The first-order valence-corrected chi connectivity index (χ1v) is 7.24. The zero-order valence-electron chi connectivity index (χ0n) is 9.61. The lowest BCUT2D eigenvalue weighted by Crippen LogP contribution is -2.36. The fourth-order valence-electron chi connectivity index (χ4n) is 1.64. The molecule has 0 aliphatic carbocycles. The van der Waals surface area contributed by atoms with E-state index in [0.29, 0.717) is 6.42 Å². The summed E-state index contributed by atoms with van der Waals surface area (Å²) in [5.41, 5.74) is 0. The number of esters is 1. The van der Waals surface area contributed by atoms with E-state index in [1.165, 1.54) is 0 Å². The Morgan fingerprint density at radius 3 is 1.95 bits per heavy atom. The maximum atomic E-state index is 11.9. The van der Waals surface area contributed by atoms with Crippen LogP contribution >= 0.6 is 58.0 Å². The predicted molar refractivity (Wildman–Crippen MR) is 78.3 cm³/mol. The number of hydrogen-bond acceptors (Lipinski definition) is 3. The standard InChI is InChI=1S/C11H6Cl5NO3/c12-5-6(13)8(15)10(9(16)7(5)14)20-11(19)3-1-2-4(18)17-3/h3H,1-2H2,(H,17,18)/t3-/m0/s1. The number of hydrogen-bond donors (Lipinski definition) is 1. The molecule has 4 nitrogen and oxygen atoms in total. The first-order chi connectivity index (χ1) is 9.32. The van der Waals surface area contributed by atoms with E-state index in [2.05, 4.69) is 5.32 Å². The highest BCUT2D eigenvalue weighted by Crippen LogP contribution is 2.48. The third kappa shape index (κ3) is 2.95. The molecule has 0 unspecified atom stereocenters. The summed E-state index contributed by atoms with van der Waals surface area (Å²) in [7, 11) is 0. The Hall–Kier alpha value is -0.390. The van der Waals surface area contributed by atoms with Gasteiger partial charge in [-0.3, -0.25) is 4.79 Å². The molecule has 20 heavy (non-hydrogen) atoms. The smallest absolute Gasteiger partial charge is 0.334 e. The average Bonchev–Trinajstić information content (AvgIpc) is 2.85. The minimum Gasteiger partial charge on any atom is -0.422 e. The number of halogens is 5. The van der Waals surface area contributed by atoms with Gasteiger partial charge in [-0.15, -0.1) is 0 Å². The quantitative estimate of drug-likeness (QED) is 0.365. The molecule has 1 fully saturated rings. The van der Waals surface area contributed by atoms with Crippen molar-refractivity contribution < 1.29 is 14.3 Å². The molecule has 0 saturated carbocycles. The van der Waals surface area contributed by atoms with Gasteiger partial charge in [0.2, 0.25) is 5.91 Å². The van der Waals surface area contributed by atoms with Crippen molar-refractivity contribution in [3.8, 4) is 5.75 Å². The molecular weight excluding hydrogens is 371 g/mol. The molecule has 0 spiro atoms. The zero-order chi connectivity index (χ0) is 15.0. The lowest BCUT2D eigenvalue weighted by Gasteiger charge is -2.14. The lowest BCUT2D eigenvalue weighted by molar-refractivity contribution is -0.137. The molecule has 108 valence electrons. The van der Waals surface area contributed by atoms with Gasteiger partial charge >= 0.3 is 5.97 Å². The van der Waals surface area contributed by atoms with E-state index >= 15 is 0 Å². The van der Waals surface area contributed by atoms with Gasteiger partial charge in [0.25, 0.3) is 0 Å². The van der Waals surface area contributed by atoms with Gasteiger partial charge < -0.3 is 10.1 Å². The first-order valence-electron chi connectivity index (χ1n) is 5.35. The second-order valence-corrected chi connectivity index (χ2v) is 5.87. The van der Waals surface area contributed by atoms with Crippen LogP contribution in [-0.2, 0) is 9.59 Å². The van der Waals surface area contributed by atoms with Crippen LogP contribution in [0.5, 0.6) is 5.75 Å². The molecule has 1 aromatic carbocycles. The topological polar surface area (TPSA) is 55.4 Å². The van der Waals surface area contributed by atoms with Gasteiger partial charge in [0.15, 0.2) is 5.75 Å². The predicted octanol–water partition coefficient (Wildman–Crippen LogP) is 4.14. The van der Waals surface area contributed by atoms with E-state index in [9.17, 15) is 9.59 Å². The van der Waals surface area contributed by atoms with Gasteiger partial charge in [-0.05, 0) is 6.42 Å². The zero-order valence-corrected chi connectivity index (χ0v) is 13.4. The van der Waals surface area contributed by atoms with Crippen LogP contribution in [0.4, 0.5) is 0 Å². The van der Waals surface area contributed by atoms with Gasteiger partial charge in [0, 0.05) is 6.42 Å². The summed E-state index contributed by atoms with van der Waals surface area (Å²) >= 11 is 29.4. The summed E-state index contributed by atoms with van der Waals surface area (Å²) in [6, 6.07) is -0.747. The molecule has 1 heterocycles. The SMILES string of the molecule is O=C1CC[C@@H](C(=O)Oc2c(Cl)c(Cl)c(Cl)c(Cl)c2Cl)N1. The molecule has 1 saturated heterocycles. The Morgan fingerprint density at radius 2 is 1.50 bits per heavy atom. The third-order valence-corrected chi connectivity index (χ3v) is 4.89. The minimum absolute atomic E-state index is 0.0303. The molecule has 0 aromatic heterocycles. The van der Waals surface area contributed by atoms with E-state index in [-0.39, 0.29) is 43.2 Å². The Kier molecular flexibility index (Phi) is 4.92. The van der Waals surface area contributed by atoms with E-state index in [4.69, 9.17) is 62.7 Å². The number of carbonyl (C=O) groups excluding carboxylic acids is 2. The van der Waals surface area contributed by atoms with Crippen molar-refractivity contribution in [2.24, 2.45) is 0 Å². The third-order valence-electron chi connectivity index (χ3n) is 2.65. The molecule has 9 heteroatoms. The molecule has 0 radical (unpaired) electrons. The van der Waals surface area contributed by atoms with Crippen LogP contribution in [0.2, 0.25) is 25.1 Å². The molecule has 1 atom stereocenters. The molecule has 0 bridgehead atoms. The number of ether oxygens (including phenoxy) is 1. The maximum Gasteiger partial charge on any atom is 0.334 e. The molecule has 1 N–H and O–H groups in total. The number of carbonyl (C=O) groups is 2. The van der Waals surface area contributed by atoms with Gasteiger partial charge in [0.05, 0.1) is 15.1 Å². The molecule has 1 aliphatic rings. The number of nitrogens with one attached hydrogen (secondary N) is 1. The number of benzene rings is 1. The number of amides is 1. The van der Waals surface area contributed by atoms with Crippen LogP contribution in [0.25, 0.3) is 0 Å². The van der Waals surface area contributed by atoms with Gasteiger partial charge in [-0.2, -0.15) is 0 Å². The number of rotatable bonds is 2. The second-order valence-electron chi connectivity index (χ2n) is 3.98. The Morgan fingerprint density at radius 1 is 1.00 bits per heavy atom.